The molecule has 1 fully saturated rings. The minimum Gasteiger partial charge on any atom is -0.345 e. The highest BCUT2D eigenvalue weighted by molar-refractivity contribution is 5.90. The van der Waals surface area contributed by atoms with Crippen LogP contribution in [-0.4, -0.2) is 48.5 Å². The molecule has 4 rings (SSSR count). The van der Waals surface area contributed by atoms with Crippen LogP contribution in [0.3, 0.4) is 0 Å². The number of piperidine rings is 1. The van der Waals surface area contributed by atoms with E-state index >= 15 is 0 Å². The summed E-state index contributed by atoms with van der Waals surface area (Å²) in [4.78, 5) is 20.6. The molecule has 0 spiro atoms. The Morgan fingerprint density at radius 2 is 2.03 bits per heavy atom. The van der Waals surface area contributed by atoms with Crippen molar-refractivity contribution in [2.75, 3.05) is 13.1 Å². The first-order valence-corrected chi connectivity index (χ1v) is 9.09. The monoisotopic (exact) mass is 438 g/mol. The van der Waals surface area contributed by atoms with Crippen LogP contribution in [0.2, 0.25) is 0 Å². The first-order chi connectivity index (χ1) is 13.3. The van der Waals surface area contributed by atoms with Crippen molar-refractivity contribution in [1.82, 2.24) is 40.2 Å². The predicted octanol–water partition coefficient (Wildman–Crippen LogP) is 1.62. The maximum absolute atomic E-state index is 12.4. The number of hydrogen-bond acceptors (Lipinski definition) is 6. The topological polar surface area (TPSA) is 103 Å². The first-order valence-electron chi connectivity index (χ1n) is 9.09. The van der Waals surface area contributed by atoms with Crippen LogP contribution in [0.4, 0.5) is 0 Å². The number of nitrogens with zero attached hydrogens (tertiary/aromatic N) is 6. The van der Waals surface area contributed by atoms with Gasteiger partial charge in [0.1, 0.15) is 19.0 Å². The number of hydrogen-bond donors (Lipinski definition) is 2. The minimum atomic E-state index is -0.270. The van der Waals surface area contributed by atoms with Gasteiger partial charge in [0.05, 0.1) is 12.6 Å². The van der Waals surface area contributed by atoms with Gasteiger partial charge >= 0.3 is 0 Å². The number of halogens is 2. The maximum Gasteiger partial charge on any atom is 0.291 e. The van der Waals surface area contributed by atoms with Gasteiger partial charge in [0.15, 0.2) is 0 Å². The molecule has 1 aliphatic heterocycles. The molecule has 0 bridgehead atoms. The molecule has 1 aromatic carbocycles. The molecule has 3 aromatic rings. The van der Waals surface area contributed by atoms with Gasteiger partial charge in [0, 0.05) is 13.1 Å². The highest BCUT2D eigenvalue weighted by Gasteiger charge is 2.18. The number of carbonyl (C=O) groups excluding carboxylic acids is 1. The Kier molecular flexibility index (Phi) is 8.56. The summed E-state index contributed by atoms with van der Waals surface area (Å²) >= 11 is 0. The van der Waals surface area contributed by atoms with Crippen molar-refractivity contribution in [2.45, 2.75) is 32.0 Å². The molecule has 1 atom stereocenters. The molecule has 1 unspecified atom stereocenters. The lowest BCUT2D eigenvalue weighted by atomic mass is 10.1. The Balaban J connectivity index is 0.00000150. The van der Waals surface area contributed by atoms with Gasteiger partial charge in [-0.15, -0.1) is 29.9 Å². The average molecular weight is 439 g/mol. The Bertz CT molecular complexity index is 893. The lowest BCUT2D eigenvalue weighted by Crippen LogP contribution is -2.32. The average Bonchev–Trinajstić information content (AvgIpc) is 3.40. The summed E-state index contributed by atoms with van der Waals surface area (Å²) in [6.07, 6.45) is 6.98. The third kappa shape index (κ3) is 5.75. The lowest BCUT2D eigenvalue weighted by Gasteiger charge is -2.22. The molecule has 1 aliphatic rings. The summed E-state index contributed by atoms with van der Waals surface area (Å²) < 4.78 is 3.54. The quantitative estimate of drug-likeness (QED) is 0.605. The van der Waals surface area contributed by atoms with E-state index in [-0.39, 0.29) is 42.6 Å². The third-order valence-electron chi connectivity index (χ3n) is 4.71. The second kappa shape index (κ2) is 10.9. The van der Waals surface area contributed by atoms with Crippen LogP contribution < -0.4 is 10.6 Å². The van der Waals surface area contributed by atoms with Crippen molar-refractivity contribution in [3.8, 4) is 0 Å². The summed E-state index contributed by atoms with van der Waals surface area (Å²) in [5.74, 6) is -0.0672. The molecule has 29 heavy (non-hydrogen) atoms. The predicted molar refractivity (Wildman–Crippen MR) is 112 cm³/mol. The minimum absolute atomic E-state index is 0. The van der Waals surface area contributed by atoms with Gasteiger partial charge in [0.25, 0.3) is 5.91 Å². The van der Waals surface area contributed by atoms with Gasteiger partial charge < -0.3 is 10.6 Å². The summed E-state index contributed by atoms with van der Waals surface area (Å²) in [6, 6.07) is 8.20. The maximum atomic E-state index is 12.4. The smallest absolute Gasteiger partial charge is 0.291 e. The SMILES string of the molecule is Cl.Cl.O=C(NCc1ccccc1Cn1cncn1)c1ncn(C2CCCNC2)n1. The van der Waals surface area contributed by atoms with Gasteiger partial charge in [-0.2, -0.15) is 5.10 Å². The summed E-state index contributed by atoms with van der Waals surface area (Å²) in [5, 5.41) is 14.7. The zero-order chi connectivity index (χ0) is 18.5. The number of nitrogens with one attached hydrogen (secondary N) is 2. The second-order valence-corrected chi connectivity index (χ2v) is 6.59. The van der Waals surface area contributed by atoms with Crippen LogP contribution >= 0.6 is 24.8 Å². The molecular formula is C18H24Cl2N8O. The number of benzene rings is 1. The number of amides is 1. The van der Waals surface area contributed by atoms with E-state index in [0.717, 1.165) is 37.1 Å². The molecule has 156 valence electrons. The Morgan fingerprint density at radius 1 is 1.21 bits per heavy atom. The van der Waals surface area contributed by atoms with Crippen molar-refractivity contribution in [3.63, 3.8) is 0 Å². The van der Waals surface area contributed by atoms with E-state index in [1.165, 1.54) is 6.33 Å². The van der Waals surface area contributed by atoms with Crippen molar-refractivity contribution in [2.24, 2.45) is 0 Å². The van der Waals surface area contributed by atoms with Gasteiger partial charge in [0.2, 0.25) is 5.82 Å². The zero-order valence-corrected chi connectivity index (χ0v) is 17.4. The van der Waals surface area contributed by atoms with E-state index in [1.807, 2.05) is 24.3 Å². The van der Waals surface area contributed by atoms with Gasteiger partial charge in [-0.3, -0.25) is 4.79 Å². The Morgan fingerprint density at radius 3 is 2.76 bits per heavy atom. The Hall–Kier alpha value is -2.49. The van der Waals surface area contributed by atoms with Crippen molar-refractivity contribution in [1.29, 1.82) is 0 Å². The fraction of sp³-hybridized carbons (Fsp3) is 0.389. The van der Waals surface area contributed by atoms with Crippen molar-refractivity contribution in [3.05, 3.63) is 60.2 Å². The van der Waals surface area contributed by atoms with Crippen LogP contribution in [-0.2, 0) is 13.1 Å². The standard InChI is InChI=1S/C18H22N8O.2ClH/c27-18(17-22-13-26(24-17)16-6-3-7-19-9-16)21-8-14-4-1-2-5-15(14)10-25-12-20-11-23-25;;/h1-2,4-5,11-13,16,19H,3,6-10H2,(H,21,27);2*1H. The first kappa shape index (κ1) is 22.8. The van der Waals surface area contributed by atoms with E-state index in [2.05, 4.69) is 30.8 Å². The molecule has 0 aliphatic carbocycles. The zero-order valence-electron chi connectivity index (χ0n) is 15.8. The third-order valence-corrected chi connectivity index (χ3v) is 4.71. The van der Waals surface area contributed by atoms with Crippen LogP contribution in [0, 0.1) is 0 Å². The van der Waals surface area contributed by atoms with E-state index in [4.69, 9.17) is 0 Å². The molecular weight excluding hydrogens is 415 g/mol. The molecule has 2 aromatic heterocycles. The Labute approximate surface area is 181 Å². The lowest BCUT2D eigenvalue weighted by molar-refractivity contribution is 0.0939. The molecule has 11 heteroatoms. The summed E-state index contributed by atoms with van der Waals surface area (Å²) in [7, 11) is 0. The van der Waals surface area contributed by atoms with Crippen molar-refractivity contribution < 1.29 is 4.79 Å². The van der Waals surface area contributed by atoms with Crippen LogP contribution in [0.5, 0.6) is 0 Å². The van der Waals surface area contributed by atoms with Gasteiger partial charge in [-0.1, -0.05) is 24.3 Å². The van der Waals surface area contributed by atoms with Crippen LogP contribution in [0.25, 0.3) is 0 Å². The highest BCUT2D eigenvalue weighted by atomic mass is 35.5. The molecule has 0 saturated carbocycles. The van der Waals surface area contributed by atoms with Crippen molar-refractivity contribution >= 4 is 30.7 Å². The van der Waals surface area contributed by atoms with E-state index < -0.39 is 0 Å². The molecule has 2 N–H and O–H groups in total. The van der Waals surface area contributed by atoms with E-state index in [9.17, 15) is 4.79 Å². The van der Waals surface area contributed by atoms with E-state index in [0.29, 0.717) is 13.1 Å². The second-order valence-electron chi connectivity index (χ2n) is 6.59. The normalized spacial score (nSPS) is 15.8. The fourth-order valence-corrected chi connectivity index (χ4v) is 3.24. The number of carbonyl (C=O) groups is 1. The molecule has 0 radical (unpaired) electrons. The van der Waals surface area contributed by atoms with Crippen LogP contribution in [0.15, 0.2) is 43.2 Å². The molecule has 1 amide bonds. The van der Waals surface area contributed by atoms with E-state index in [1.54, 1.807) is 22.0 Å². The molecule has 9 nitrogen and oxygen atoms in total. The molecule has 3 heterocycles. The summed E-state index contributed by atoms with van der Waals surface area (Å²) in [5.41, 5.74) is 2.10. The number of rotatable bonds is 6. The highest BCUT2D eigenvalue weighted by Crippen LogP contribution is 2.15. The fourth-order valence-electron chi connectivity index (χ4n) is 3.24. The number of aromatic nitrogens is 6. The molecule has 1 saturated heterocycles. The van der Waals surface area contributed by atoms with Gasteiger partial charge in [-0.25, -0.2) is 19.3 Å². The van der Waals surface area contributed by atoms with Crippen LogP contribution in [0.1, 0.15) is 40.6 Å². The summed E-state index contributed by atoms with van der Waals surface area (Å²) in [6.45, 7) is 2.91. The largest absolute Gasteiger partial charge is 0.345 e. The van der Waals surface area contributed by atoms with Gasteiger partial charge in [-0.05, 0) is 30.5 Å².